The van der Waals surface area contributed by atoms with Crippen LogP contribution in [0.2, 0.25) is 0 Å². The molecule has 1 aromatic carbocycles. The summed E-state index contributed by atoms with van der Waals surface area (Å²) >= 11 is 1.14. The quantitative estimate of drug-likeness (QED) is 0.794. The van der Waals surface area contributed by atoms with Crippen LogP contribution in [0.15, 0.2) is 30.3 Å². The number of aliphatic carboxylic acids is 1. The average Bonchev–Trinajstić information content (AvgIpc) is 2.39. The highest BCUT2D eigenvalue weighted by molar-refractivity contribution is 8.00. The summed E-state index contributed by atoms with van der Waals surface area (Å²) in [4.78, 5) is 24.2. The first-order valence-electron chi connectivity index (χ1n) is 6.24. The Morgan fingerprint density at radius 1 is 1.21 bits per heavy atom. The number of hydrogen-bond acceptors (Lipinski definition) is 3. The van der Waals surface area contributed by atoms with E-state index >= 15 is 0 Å². The summed E-state index contributed by atoms with van der Waals surface area (Å²) in [6, 6.07) is 9.81. The lowest BCUT2D eigenvalue weighted by atomic mass is 10.2. The number of benzene rings is 1. The molecular weight excluding hydrogens is 262 g/mol. The number of rotatable bonds is 8. The van der Waals surface area contributed by atoms with Crippen molar-refractivity contribution < 1.29 is 14.7 Å². The Bertz CT molecular complexity index is 408. The number of nitrogens with zero attached hydrogens (tertiary/aromatic N) is 1. The summed E-state index contributed by atoms with van der Waals surface area (Å²) in [5.41, 5.74) is 1.09. The van der Waals surface area contributed by atoms with E-state index in [1.54, 1.807) is 4.90 Å². The minimum absolute atomic E-state index is 0.00282. The zero-order chi connectivity index (χ0) is 14.1. The molecule has 0 fully saturated rings. The van der Waals surface area contributed by atoms with E-state index in [1.807, 2.05) is 37.3 Å². The highest BCUT2D eigenvalue weighted by Gasteiger charge is 2.13. The van der Waals surface area contributed by atoms with Crippen molar-refractivity contribution in [3.63, 3.8) is 0 Å². The fourth-order valence-electron chi connectivity index (χ4n) is 1.68. The van der Waals surface area contributed by atoms with Crippen molar-refractivity contribution in [1.29, 1.82) is 0 Å². The molecule has 0 radical (unpaired) electrons. The van der Waals surface area contributed by atoms with Gasteiger partial charge in [-0.05, 0) is 12.0 Å². The molecule has 0 saturated carbocycles. The van der Waals surface area contributed by atoms with E-state index in [9.17, 15) is 9.59 Å². The van der Waals surface area contributed by atoms with Crippen LogP contribution in [0, 0.1) is 0 Å². The number of carboxylic acids is 1. The smallest absolute Gasteiger partial charge is 0.313 e. The molecule has 0 bridgehead atoms. The first kappa shape index (κ1) is 15.6. The zero-order valence-corrected chi connectivity index (χ0v) is 11.9. The number of carboxylic acid groups (broad SMARTS) is 1. The van der Waals surface area contributed by atoms with Crippen molar-refractivity contribution in [3.8, 4) is 0 Å². The van der Waals surface area contributed by atoms with Crippen LogP contribution < -0.4 is 0 Å². The molecule has 4 nitrogen and oxygen atoms in total. The highest BCUT2D eigenvalue weighted by atomic mass is 32.2. The predicted octanol–water partition coefficient (Wildman–Crippen LogP) is 2.24. The molecule has 1 amide bonds. The van der Waals surface area contributed by atoms with Gasteiger partial charge in [-0.15, -0.1) is 11.8 Å². The summed E-state index contributed by atoms with van der Waals surface area (Å²) in [6.07, 6.45) is 0.891. The summed E-state index contributed by atoms with van der Waals surface area (Å²) in [7, 11) is 0. The molecule has 1 aromatic rings. The number of carbonyl (C=O) groups is 2. The summed E-state index contributed by atoms with van der Waals surface area (Å²) in [5, 5.41) is 8.56. The van der Waals surface area contributed by atoms with Crippen molar-refractivity contribution in [3.05, 3.63) is 35.9 Å². The molecule has 104 valence electrons. The van der Waals surface area contributed by atoms with Gasteiger partial charge in [-0.2, -0.15) is 0 Å². The molecular formula is C14H19NO3S. The topological polar surface area (TPSA) is 57.6 Å². The van der Waals surface area contributed by atoms with Crippen molar-refractivity contribution in [2.24, 2.45) is 0 Å². The fraction of sp³-hybridized carbons (Fsp3) is 0.429. The van der Waals surface area contributed by atoms with Gasteiger partial charge in [0.25, 0.3) is 0 Å². The number of carbonyl (C=O) groups excluding carboxylic acids is 1. The Kier molecular flexibility index (Phi) is 7.03. The third-order valence-corrected chi connectivity index (χ3v) is 3.42. The van der Waals surface area contributed by atoms with E-state index in [2.05, 4.69) is 0 Å². The van der Waals surface area contributed by atoms with Gasteiger partial charge in [-0.3, -0.25) is 9.59 Å². The van der Waals surface area contributed by atoms with Gasteiger partial charge in [0, 0.05) is 13.1 Å². The molecule has 0 heterocycles. The lowest BCUT2D eigenvalue weighted by Gasteiger charge is -2.22. The molecule has 1 rings (SSSR count). The fourth-order valence-corrected chi connectivity index (χ4v) is 2.32. The van der Waals surface area contributed by atoms with E-state index in [4.69, 9.17) is 5.11 Å². The molecule has 19 heavy (non-hydrogen) atoms. The van der Waals surface area contributed by atoms with Gasteiger partial charge in [0.15, 0.2) is 0 Å². The minimum atomic E-state index is -0.886. The Hall–Kier alpha value is -1.49. The Labute approximate surface area is 117 Å². The predicted molar refractivity (Wildman–Crippen MR) is 77.1 cm³/mol. The maximum absolute atomic E-state index is 12.0. The SMILES string of the molecule is CCCN(Cc1ccccc1)C(=O)CSCC(=O)O. The van der Waals surface area contributed by atoms with Gasteiger partial charge in [-0.1, -0.05) is 37.3 Å². The van der Waals surface area contributed by atoms with Crippen LogP contribution in [0.5, 0.6) is 0 Å². The molecule has 0 aliphatic heterocycles. The molecule has 0 unspecified atom stereocenters. The molecule has 0 aliphatic rings. The molecule has 1 N–H and O–H groups in total. The Morgan fingerprint density at radius 2 is 1.89 bits per heavy atom. The Balaban J connectivity index is 2.51. The lowest BCUT2D eigenvalue weighted by Crippen LogP contribution is -2.32. The first-order valence-corrected chi connectivity index (χ1v) is 7.40. The number of amides is 1. The Morgan fingerprint density at radius 3 is 2.47 bits per heavy atom. The maximum atomic E-state index is 12.0. The van der Waals surface area contributed by atoms with Crippen LogP contribution in [-0.4, -0.2) is 39.9 Å². The van der Waals surface area contributed by atoms with Crippen molar-refractivity contribution >= 4 is 23.6 Å². The molecule has 5 heteroatoms. The summed E-state index contributed by atoms with van der Waals surface area (Å²) < 4.78 is 0. The van der Waals surface area contributed by atoms with E-state index < -0.39 is 5.97 Å². The number of thioether (sulfide) groups is 1. The largest absolute Gasteiger partial charge is 0.481 e. The summed E-state index contributed by atoms with van der Waals surface area (Å²) in [5.74, 6) is -0.698. The minimum Gasteiger partial charge on any atom is -0.481 e. The second-order valence-electron chi connectivity index (χ2n) is 4.19. The van der Waals surface area contributed by atoms with Crippen LogP contribution in [0.4, 0.5) is 0 Å². The first-order chi connectivity index (χ1) is 9.13. The van der Waals surface area contributed by atoms with Crippen LogP contribution >= 0.6 is 11.8 Å². The summed E-state index contributed by atoms with van der Waals surface area (Å²) in [6.45, 7) is 3.30. The van der Waals surface area contributed by atoms with Gasteiger partial charge in [0.05, 0.1) is 11.5 Å². The van der Waals surface area contributed by atoms with Crippen molar-refractivity contribution in [2.45, 2.75) is 19.9 Å². The van der Waals surface area contributed by atoms with Gasteiger partial charge in [0.1, 0.15) is 0 Å². The second kappa shape index (κ2) is 8.58. The standard InChI is InChI=1S/C14H19NO3S/c1-2-8-15(9-12-6-4-3-5-7-12)13(16)10-19-11-14(17)18/h3-7H,2,8-11H2,1H3,(H,17,18). The van der Waals surface area contributed by atoms with Gasteiger partial charge in [0.2, 0.25) is 5.91 Å². The van der Waals surface area contributed by atoms with Crippen molar-refractivity contribution in [1.82, 2.24) is 4.90 Å². The van der Waals surface area contributed by atoms with Crippen LogP contribution in [0.3, 0.4) is 0 Å². The van der Waals surface area contributed by atoms with E-state index in [0.717, 1.165) is 23.7 Å². The van der Waals surface area contributed by atoms with Crippen LogP contribution in [-0.2, 0) is 16.1 Å². The third-order valence-electron chi connectivity index (χ3n) is 2.51. The van der Waals surface area contributed by atoms with Gasteiger partial charge < -0.3 is 10.0 Å². The normalized spacial score (nSPS) is 10.2. The van der Waals surface area contributed by atoms with Crippen LogP contribution in [0.1, 0.15) is 18.9 Å². The van der Waals surface area contributed by atoms with Gasteiger partial charge in [-0.25, -0.2) is 0 Å². The van der Waals surface area contributed by atoms with Crippen LogP contribution in [0.25, 0.3) is 0 Å². The lowest BCUT2D eigenvalue weighted by molar-refractivity contribution is -0.133. The van der Waals surface area contributed by atoms with E-state index in [0.29, 0.717) is 13.1 Å². The molecule has 0 saturated heterocycles. The number of hydrogen-bond donors (Lipinski definition) is 1. The monoisotopic (exact) mass is 281 g/mol. The zero-order valence-electron chi connectivity index (χ0n) is 11.0. The maximum Gasteiger partial charge on any atom is 0.313 e. The second-order valence-corrected chi connectivity index (χ2v) is 5.17. The van der Waals surface area contributed by atoms with Crippen molar-refractivity contribution in [2.75, 3.05) is 18.1 Å². The van der Waals surface area contributed by atoms with E-state index in [1.165, 1.54) is 0 Å². The average molecular weight is 281 g/mol. The van der Waals surface area contributed by atoms with Gasteiger partial charge >= 0.3 is 5.97 Å². The molecule has 0 atom stereocenters. The highest BCUT2D eigenvalue weighted by Crippen LogP contribution is 2.09. The molecule has 0 aliphatic carbocycles. The van der Waals surface area contributed by atoms with E-state index in [-0.39, 0.29) is 17.4 Å². The molecule has 0 aromatic heterocycles. The third kappa shape index (κ3) is 6.29. The molecule has 0 spiro atoms.